The minimum absolute atomic E-state index is 0.104. The third-order valence-corrected chi connectivity index (χ3v) is 7.05. The van der Waals surface area contributed by atoms with Gasteiger partial charge in [-0.15, -0.1) is 0 Å². The normalized spacial score (nSPS) is 14.2. The molecule has 0 aliphatic carbocycles. The quantitative estimate of drug-likeness (QED) is 0.413. The molecule has 10 nitrogen and oxygen atoms in total. The molecule has 37 heavy (non-hydrogen) atoms. The Morgan fingerprint density at radius 1 is 1.19 bits per heavy atom. The highest BCUT2D eigenvalue weighted by atomic mass is 32.2. The number of sulfonamides is 1. The fourth-order valence-corrected chi connectivity index (χ4v) is 4.71. The molecule has 0 fully saturated rings. The summed E-state index contributed by atoms with van der Waals surface area (Å²) in [5.74, 6) is -0.693. The van der Waals surface area contributed by atoms with Crippen LogP contribution in [0.3, 0.4) is 0 Å². The van der Waals surface area contributed by atoms with Gasteiger partial charge in [0.1, 0.15) is 0 Å². The number of nitrogens with zero attached hydrogens (tertiary/aromatic N) is 4. The SMILES string of the molecule is CCCC[C@@H](C(=O)CNS(=O)(=O)c1ccccn1)N(C(=O)O)C(Cn1ccc(C(F)(F)F)n1)C(C)(C)C. The van der Waals surface area contributed by atoms with Crippen molar-refractivity contribution >= 4 is 21.9 Å². The van der Waals surface area contributed by atoms with Crippen LogP contribution >= 0.6 is 0 Å². The Kier molecular flexibility index (Phi) is 9.83. The van der Waals surface area contributed by atoms with Crippen molar-refractivity contribution in [2.75, 3.05) is 6.54 Å². The van der Waals surface area contributed by atoms with Gasteiger partial charge in [0.25, 0.3) is 10.0 Å². The first-order valence-electron chi connectivity index (χ1n) is 11.6. The van der Waals surface area contributed by atoms with Crippen molar-refractivity contribution in [1.29, 1.82) is 0 Å². The van der Waals surface area contributed by atoms with Crippen molar-refractivity contribution < 1.29 is 36.3 Å². The van der Waals surface area contributed by atoms with Gasteiger partial charge in [0.15, 0.2) is 16.5 Å². The van der Waals surface area contributed by atoms with E-state index < -0.39 is 57.8 Å². The summed E-state index contributed by atoms with van der Waals surface area (Å²) in [6, 6.07) is 2.82. The summed E-state index contributed by atoms with van der Waals surface area (Å²) >= 11 is 0. The lowest BCUT2D eigenvalue weighted by atomic mass is 9.84. The van der Waals surface area contributed by atoms with Crippen molar-refractivity contribution in [3.63, 3.8) is 0 Å². The molecule has 1 unspecified atom stereocenters. The lowest BCUT2D eigenvalue weighted by Gasteiger charge is -2.42. The first-order chi connectivity index (χ1) is 17.1. The van der Waals surface area contributed by atoms with Crippen LogP contribution in [0.25, 0.3) is 0 Å². The maximum Gasteiger partial charge on any atom is 0.435 e. The van der Waals surface area contributed by atoms with Crippen LogP contribution in [0.1, 0.15) is 52.7 Å². The van der Waals surface area contributed by atoms with Gasteiger partial charge in [-0.05, 0) is 30.0 Å². The van der Waals surface area contributed by atoms with E-state index in [1.165, 1.54) is 24.4 Å². The number of hydrogen-bond acceptors (Lipinski definition) is 6. The van der Waals surface area contributed by atoms with Gasteiger partial charge in [-0.3, -0.25) is 14.4 Å². The highest BCUT2D eigenvalue weighted by Crippen LogP contribution is 2.31. The number of nitrogens with one attached hydrogen (secondary N) is 1. The van der Waals surface area contributed by atoms with Crippen molar-refractivity contribution in [3.05, 3.63) is 42.4 Å². The second-order valence-electron chi connectivity index (χ2n) is 9.61. The lowest BCUT2D eigenvalue weighted by molar-refractivity contribution is -0.141. The zero-order valence-corrected chi connectivity index (χ0v) is 21.9. The van der Waals surface area contributed by atoms with Crippen LogP contribution in [-0.2, 0) is 27.5 Å². The number of rotatable bonds is 12. The minimum atomic E-state index is -4.67. The van der Waals surface area contributed by atoms with E-state index in [2.05, 4.69) is 14.8 Å². The Labute approximate surface area is 213 Å². The second-order valence-corrected chi connectivity index (χ2v) is 11.3. The molecule has 0 saturated heterocycles. The molecule has 2 aromatic rings. The van der Waals surface area contributed by atoms with E-state index in [9.17, 15) is 36.3 Å². The van der Waals surface area contributed by atoms with Gasteiger partial charge < -0.3 is 5.11 Å². The van der Waals surface area contributed by atoms with Gasteiger partial charge in [0.05, 0.1) is 25.2 Å². The highest BCUT2D eigenvalue weighted by Gasteiger charge is 2.41. The molecule has 2 N–H and O–H groups in total. The van der Waals surface area contributed by atoms with Crippen LogP contribution in [0.2, 0.25) is 0 Å². The molecule has 0 saturated carbocycles. The highest BCUT2D eigenvalue weighted by molar-refractivity contribution is 7.89. The molecule has 0 bridgehead atoms. The molecule has 2 aromatic heterocycles. The van der Waals surface area contributed by atoms with E-state index in [0.29, 0.717) is 12.8 Å². The molecule has 0 aliphatic heterocycles. The molecular formula is C23H32F3N5O5S. The average molecular weight is 548 g/mol. The van der Waals surface area contributed by atoms with Crippen molar-refractivity contribution in [1.82, 2.24) is 24.4 Å². The number of unbranched alkanes of at least 4 members (excludes halogenated alkanes) is 1. The Hall–Kier alpha value is -3.00. The monoisotopic (exact) mass is 547 g/mol. The molecule has 0 spiro atoms. The molecule has 2 heterocycles. The summed E-state index contributed by atoms with van der Waals surface area (Å²) in [5.41, 5.74) is -1.94. The number of Topliss-reactive ketones (excluding diaryl/α,β-unsaturated/α-hetero) is 1. The average Bonchev–Trinajstić information content (AvgIpc) is 3.28. The summed E-state index contributed by atoms with van der Waals surface area (Å²) in [6.07, 6.45) is -2.54. The third-order valence-electron chi connectivity index (χ3n) is 5.74. The van der Waals surface area contributed by atoms with Gasteiger partial charge in [0, 0.05) is 12.4 Å². The van der Waals surface area contributed by atoms with Crippen LogP contribution < -0.4 is 4.72 Å². The van der Waals surface area contributed by atoms with Gasteiger partial charge >= 0.3 is 12.3 Å². The predicted octanol–water partition coefficient (Wildman–Crippen LogP) is 3.80. The summed E-state index contributed by atoms with van der Waals surface area (Å²) in [5, 5.41) is 13.4. The summed E-state index contributed by atoms with van der Waals surface area (Å²) < 4.78 is 67.4. The predicted molar refractivity (Wildman–Crippen MR) is 128 cm³/mol. The van der Waals surface area contributed by atoms with Crippen molar-refractivity contribution in [2.45, 2.75) is 76.8 Å². The van der Waals surface area contributed by atoms with E-state index in [4.69, 9.17) is 0 Å². The van der Waals surface area contributed by atoms with E-state index in [-0.39, 0.29) is 18.0 Å². The van der Waals surface area contributed by atoms with Gasteiger partial charge in [-0.2, -0.15) is 18.3 Å². The molecule has 1 amide bonds. The number of ketones is 1. The lowest BCUT2D eigenvalue weighted by Crippen LogP contribution is -2.57. The maximum atomic E-state index is 13.3. The van der Waals surface area contributed by atoms with Crippen LogP contribution in [0.5, 0.6) is 0 Å². The second kappa shape index (κ2) is 12.0. The zero-order chi connectivity index (χ0) is 28.0. The number of carbonyl (C=O) groups is 2. The van der Waals surface area contributed by atoms with E-state index >= 15 is 0 Å². The van der Waals surface area contributed by atoms with Crippen LogP contribution in [0.15, 0.2) is 41.7 Å². The van der Waals surface area contributed by atoms with E-state index in [1.54, 1.807) is 20.8 Å². The van der Waals surface area contributed by atoms with Crippen molar-refractivity contribution in [3.8, 4) is 0 Å². The van der Waals surface area contributed by atoms with Crippen LogP contribution in [0.4, 0.5) is 18.0 Å². The number of aromatic nitrogens is 3. The zero-order valence-electron chi connectivity index (χ0n) is 21.1. The summed E-state index contributed by atoms with van der Waals surface area (Å²) in [6.45, 7) is 6.02. The molecule has 2 atom stereocenters. The van der Waals surface area contributed by atoms with E-state index in [0.717, 1.165) is 21.8 Å². The number of hydrogen-bond donors (Lipinski definition) is 2. The van der Waals surface area contributed by atoms with Gasteiger partial charge in [-0.1, -0.05) is 46.6 Å². The topological polar surface area (TPSA) is 134 Å². The Balaban J connectivity index is 2.38. The Bertz CT molecular complexity index is 1160. The maximum absolute atomic E-state index is 13.3. The number of carboxylic acid groups (broad SMARTS) is 1. The van der Waals surface area contributed by atoms with Gasteiger partial charge in [0.2, 0.25) is 0 Å². The van der Waals surface area contributed by atoms with Crippen molar-refractivity contribution in [2.24, 2.45) is 5.41 Å². The molecule has 206 valence electrons. The summed E-state index contributed by atoms with van der Waals surface area (Å²) in [4.78, 5) is 30.4. The standard InChI is InChI=1S/C23H32F3N5O5S/c1-5-6-9-16(17(32)14-28-37(35,36)20-10-7-8-12-27-20)31(21(33)34)19(22(2,3)4)15-30-13-11-18(29-30)23(24,25)26/h7-8,10-13,16,19,28H,5-6,9,14-15H2,1-4H3,(H,33,34)/t16-,19?/m0/s1. The molecular weight excluding hydrogens is 515 g/mol. The molecule has 0 aliphatic rings. The number of halogens is 3. The molecule has 0 radical (unpaired) electrons. The number of pyridine rings is 1. The third kappa shape index (κ3) is 8.25. The summed E-state index contributed by atoms with van der Waals surface area (Å²) in [7, 11) is -4.13. The minimum Gasteiger partial charge on any atom is -0.465 e. The molecule has 2 rings (SSSR count). The smallest absolute Gasteiger partial charge is 0.435 e. The number of alkyl halides is 3. The fraction of sp³-hybridized carbons (Fsp3) is 0.565. The first kappa shape index (κ1) is 30.2. The van der Waals surface area contributed by atoms with Gasteiger partial charge in [-0.25, -0.2) is 22.9 Å². The molecule has 14 heteroatoms. The largest absolute Gasteiger partial charge is 0.465 e. The van der Waals surface area contributed by atoms with Crippen LogP contribution in [0, 0.1) is 5.41 Å². The van der Waals surface area contributed by atoms with Crippen LogP contribution in [-0.4, -0.2) is 63.7 Å². The first-order valence-corrected chi connectivity index (χ1v) is 13.1. The fourth-order valence-electron chi connectivity index (χ4n) is 3.77. The molecule has 0 aromatic carbocycles. The number of carbonyl (C=O) groups excluding carboxylic acids is 1. The van der Waals surface area contributed by atoms with E-state index in [1.807, 2.05) is 6.92 Å². The number of amides is 1. The Morgan fingerprint density at radius 2 is 1.86 bits per heavy atom. The Morgan fingerprint density at radius 3 is 2.35 bits per heavy atom.